The number of hydrogen-bond donors (Lipinski definition) is 3. The van der Waals surface area contributed by atoms with Crippen molar-refractivity contribution in [1.29, 1.82) is 0 Å². The number of hydrogen-bond acceptors (Lipinski definition) is 8. The van der Waals surface area contributed by atoms with Gasteiger partial charge >= 0.3 is 5.76 Å². The maximum Gasteiger partial charge on any atom is 0.419 e. The first kappa shape index (κ1) is 24.5. The highest BCUT2D eigenvalue weighted by atomic mass is 32.2. The molecule has 6 fully saturated rings. The fourth-order valence-electron chi connectivity index (χ4n) is 9.72. The topological polar surface area (TPSA) is 170 Å². The SMILES string of the molecule is Cn1c(=O)oc2ccc(CNC(=O)c3cc(C(=O)NCC45C6C7C4C4C5C6C74NS(C)(=O)=O)n4ncc(F)c4n3)cc21. The number of nitrogens with zero attached hydrogens (tertiary/aromatic N) is 4. The molecule has 0 bridgehead atoms. The smallest absolute Gasteiger partial charge is 0.408 e. The normalized spacial score (nSPS) is 34.1. The number of aryl methyl sites for hydroxylation is 1. The predicted molar refractivity (Wildman–Crippen MR) is 142 cm³/mol. The van der Waals surface area contributed by atoms with Crippen LogP contribution in [-0.4, -0.2) is 57.7 Å². The molecule has 13 nitrogen and oxygen atoms in total. The standard InChI is InChI=1S/C27H24FN7O6S/c1-34-13-5-10(3-4-15(13)41-25(34)38)7-29-23(36)12-6-14(35-22(32-12)11(28)8-31-35)24(37)30-9-26-16-19-17(26)21-18(26)20(16)27(19,21)33-42(2,39)40/h3-6,8,16-21,33H,7,9H2,1-2H3,(H,29,36)(H,30,37). The van der Waals surface area contributed by atoms with Crippen LogP contribution in [0.3, 0.4) is 0 Å². The third-order valence-corrected chi connectivity index (χ3v) is 11.7. The van der Waals surface area contributed by atoms with E-state index in [1.807, 2.05) is 0 Å². The van der Waals surface area contributed by atoms with Crippen LogP contribution in [0, 0.1) is 46.7 Å². The van der Waals surface area contributed by atoms with E-state index in [9.17, 15) is 27.2 Å². The lowest BCUT2D eigenvalue weighted by Crippen LogP contribution is -3.15. The van der Waals surface area contributed by atoms with Gasteiger partial charge in [0.2, 0.25) is 10.0 Å². The molecular weight excluding hydrogens is 569 g/mol. The van der Waals surface area contributed by atoms with Gasteiger partial charge in [-0.05, 0) is 58.6 Å². The van der Waals surface area contributed by atoms with E-state index in [-0.39, 0.29) is 34.5 Å². The Morgan fingerprint density at radius 2 is 1.79 bits per heavy atom. The van der Waals surface area contributed by atoms with Crippen molar-refractivity contribution in [3.05, 3.63) is 63.8 Å². The third-order valence-electron chi connectivity index (χ3n) is 11.0. The number of sulfonamides is 1. The number of benzene rings is 1. The number of halogens is 1. The molecule has 3 N–H and O–H groups in total. The maximum absolute atomic E-state index is 14.5. The first-order valence-electron chi connectivity index (χ1n) is 13.7. The van der Waals surface area contributed by atoms with Crippen molar-refractivity contribution in [2.24, 2.45) is 48.0 Å². The van der Waals surface area contributed by atoms with Crippen molar-refractivity contribution in [3.63, 3.8) is 0 Å². The molecule has 6 saturated carbocycles. The highest BCUT2D eigenvalue weighted by molar-refractivity contribution is 7.88. The molecule has 0 unspecified atom stereocenters. The summed E-state index contributed by atoms with van der Waals surface area (Å²) >= 11 is 0. The molecule has 2 amide bonds. The number of amides is 2. The monoisotopic (exact) mass is 593 g/mol. The molecule has 0 aliphatic heterocycles. The average Bonchev–Trinajstić information content (AvgIpc) is 3.47. The number of nitrogens with one attached hydrogen (secondary N) is 3. The lowest BCUT2D eigenvalue weighted by atomic mass is 8.94. The van der Waals surface area contributed by atoms with Crippen LogP contribution in [0.4, 0.5) is 4.39 Å². The molecule has 6 aliphatic carbocycles. The minimum Gasteiger partial charge on any atom is -0.408 e. The summed E-state index contributed by atoms with van der Waals surface area (Å²) in [7, 11) is -1.69. The van der Waals surface area contributed by atoms with E-state index >= 15 is 0 Å². The summed E-state index contributed by atoms with van der Waals surface area (Å²) in [6.07, 6.45) is 2.15. The molecule has 0 radical (unpaired) electrons. The second-order valence-electron chi connectivity index (χ2n) is 12.4. The number of fused-ring (bicyclic) bond motifs is 2. The van der Waals surface area contributed by atoms with Gasteiger partial charge in [-0.1, -0.05) is 6.07 Å². The minimum absolute atomic E-state index is 0.0118. The summed E-state index contributed by atoms with van der Waals surface area (Å²) in [5, 5.41) is 9.67. The zero-order valence-electron chi connectivity index (χ0n) is 22.3. The van der Waals surface area contributed by atoms with E-state index in [4.69, 9.17) is 4.42 Å². The molecule has 6 aliphatic rings. The Labute approximate surface area is 236 Å². The molecule has 3 aromatic heterocycles. The zero-order valence-corrected chi connectivity index (χ0v) is 23.1. The Hall–Kier alpha value is -4.11. The van der Waals surface area contributed by atoms with Gasteiger partial charge in [-0.15, -0.1) is 0 Å². The molecule has 0 saturated heterocycles. The van der Waals surface area contributed by atoms with Crippen LogP contribution >= 0.6 is 0 Å². The Morgan fingerprint density at radius 3 is 2.48 bits per heavy atom. The van der Waals surface area contributed by atoms with Gasteiger partial charge in [0.05, 0.1) is 18.0 Å². The van der Waals surface area contributed by atoms with Crippen molar-refractivity contribution < 1.29 is 26.8 Å². The van der Waals surface area contributed by atoms with Crippen molar-refractivity contribution in [2.45, 2.75) is 12.1 Å². The average molecular weight is 594 g/mol. The molecule has 0 atom stereocenters. The van der Waals surface area contributed by atoms with Crippen molar-refractivity contribution in [3.8, 4) is 0 Å². The van der Waals surface area contributed by atoms with E-state index in [0.29, 0.717) is 58.7 Å². The van der Waals surface area contributed by atoms with Crippen LogP contribution in [0.5, 0.6) is 0 Å². The lowest BCUT2D eigenvalue weighted by Gasteiger charge is -3.11. The van der Waals surface area contributed by atoms with E-state index in [0.717, 1.165) is 10.7 Å². The molecule has 3 heterocycles. The molecule has 0 spiro atoms. The summed E-state index contributed by atoms with van der Waals surface area (Å²) in [6.45, 7) is 0.536. The van der Waals surface area contributed by atoms with Crippen molar-refractivity contribution >= 4 is 38.6 Å². The van der Waals surface area contributed by atoms with Crippen molar-refractivity contribution in [1.82, 2.24) is 34.5 Å². The van der Waals surface area contributed by atoms with Crippen LogP contribution in [0.25, 0.3) is 16.7 Å². The number of rotatable bonds is 8. The highest BCUT2D eigenvalue weighted by Crippen LogP contribution is 3.06. The van der Waals surface area contributed by atoms with Crippen LogP contribution in [-0.2, 0) is 23.6 Å². The van der Waals surface area contributed by atoms with Gasteiger partial charge in [0.1, 0.15) is 11.4 Å². The lowest BCUT2D eigenvalue weighted by molar-refractivity contribution is -0.621. The fraction of sp³-hybridized carbons (Fsp3) is 0.444. The molecule has 1 aromatic carbocycles. The maximum atomic E-state index is 14.5. The second kappa shape index (κ2) is 7.26. The van der Waals surface area contributed by atoms with Gasteiger partial charge in [0.15, 0.2) is 17.0 Å². The number of carbonyl (C=O) groups excluding carboxylic acids is 2. The zero-order chi connectivity index (χ0) is 29.1. The van der Waals surface area contributed by atoms with Gasteiger partial charge in [-0.3, -0.25) is 14.2 Å². The van der Waals surface area contributed by atoms with E-state index in [1.165, 1.54) is 16.9 Å². The van der Waals surface area contributed by atoms with Crippen LogP contribution in [0.15, 0.2) is 39.7 Å². The summed E-state index contributed by atoms with van der Waals surface area (Å²) in [5.74, 6) is -0.0733. The van der Waals surface area contributed by atoms with Gasteiger partial charge in [0.25, 0.3) is 11.8 Å². The Morgan fingerprint density at radius 1 is 1.07 bits per heavy atom. The first-order valence-corrected chi connectivity index (χ1v) is 15.5. The first-order chi connectivity index (χ1) is 20.0. The van der Waals surface area contributed by atoms with Gasteiger partial charge in [-0.2, -0.15) is 5.10 Å². The molecule has 4 aromatic rings. The Balaban J connectivity index is 0.921. The van der Waals surface area contributed by atoms with E-state index in [1.54, 1.807) is 25.2 Å². The largest absolute Gasteiger partial charge is 0.419 e. The van der Waals surface area contributed by atoms with Crippen molar-refractivity contribution in [2.75, 3.05) is 12.8 Å². The fourth-order valence-corrected chi connectivity index (χ4v) is 10.8. The van der Waals surface area contributed by atoms with E-state index < -0.39 is 33.4 Å². The second-order valence-corrected chi connectivity index (χ2v) is 14.2. The third kappa shape index (κ3) is 2.55. The molecular formula is C27H24FN7O6S. The molecule has 10 rings (SSSR count). The Bertz CT molecular complexity index is 2060. The Kier molecular flexibility index (Phi) is 4.23. The van der Waals surface area contributed by atoms with Crippen LogP contribution in [0.1, 0.15) is 26.5 Å². The molecule has 216 valence electrons. The van der Waals surface area contributed by atoms with Gasteiger partial charge in [0, 0.05) is 31.7 Å². The van der Waals surface area contributed by atoms with Crippen LogP contribution < -0.4 is 21.1 Å². The molecule has 15 heteroatoms. The summed E-state index contributed by atoms with van der Waals surface area (Å²) in [6, 6.07) is 6.35. The number of aromatic nitrogens is 4. The predicted octanol–water partition coefficient (Wildman–Crippen LogP) is 0.0127. The van der Waals surface area contributed by atoms with Crippen LogP contribution in [0.2, 0.25) is 0 Å². The summed E-state index contributed by atoms with van der Waals surface area (Å²) < 4.78 is 48.8. The number of carbonyl (C=O) groups is 2. The quantitative estimate of drug-likeness (QED) is 0.257. The minimum atomic E-state index is -3.27. The van der Waals surface area contributed by atoms with E-state index in [2.05, 4.69) is 25.4 Å². The number of oxazole rings is 1. The van der Waals surface area contributed by atoms with Gasteiger partial charge < -0.3 is 15.1 Å². The summed E-state index contributed by atoms with van der Waals surface area (Å²) in [4.78, 5) is 42.3. The highest BCUT2D eigenvalue weighted by Gasteiger charge is 3.10. The molecule has 42 heavy (non-hydrogen) atoms. The van der Waals surface area contributed by atoms with Gasteiger partial charge in [-0.25, -0.2) is 31.8 Å². The summed E-state index contributed by atoms with van der Waals surface area (Å²) in [5.41, 5.74) is 1.06.